The van der Waals surface area contributed by atoms with Crippen molar-refractivity contribution in [3.05, 3.63) is 64.4 Å². The van der Waals surface area contributed by atoms with Crippen molar-refractivity contribution in [3.63, 3.8) is 0 Å². The smallest absolute Gasteiger partial charge is 0.257 e. The summed E-state index contributed by atoms with van der Waals surface area (Å²) in [5.74, 6) is 1.75. The number of carbonyl (C=O) groups is 2. The predicted molar refractivity (Wildman–Crippen MR) is 123 cm³/mol. The van der Waals surface area contributed by atoms with E-state index < -0.39 is 0 Å². The Hall–Kier alpha value is -3.75. The molecule has 1 aliphatic heterocycles. The molecule has 9 heteroatoms. The van der Waals surface area contributed by atoms with Gasteiger partial charge >= 0.3 is 0 Å². The molecule has 1 N–H and O–H groups in total. The molecule has 0 bridgehead atoms. The number of rotatable bonds is 7. The van der Waals surface area contributed by atoms with Crippen LogP contribution in [0.3, 0.4) is 0 Å². The Morgan fingerprint density at radius 2 is 1.97 bits per heavy atom. The lowest BCUT2D eigenvalue weighted by Crippen LogP contribution is -2.40. The Kier molecular flexibility index (Phi) is 6.39. The van der Waals surface area contributed by atoms with Gasteiger partial charge in [0.15, 0.2) is 0 Å². The number of aryl methyl sites for hydroxylation is 3. The number of nitrogens with zero attached hydrogens (tertiary/aromatic N) is 5. The van der Waals surface area contributed by atoms with Crippen molar-refractivity contribution in [1.82, 2.24) is 25.1 Å². The zero-order valence-electron chi connectivity index (χ0n) is 19.4. The number of fused-ring (bicyclic) bond motifs is 1. The third kappa shape index (κ3) is 4.72. The van der Waals surface area contributed by atoms with Gasteiger partial charge in [-0.05, 0) is 38.8 Å². The summed E-state index contributed by atoms with van der Waals surface area (Å²) in [4.78, 5) is 38.0. The van der Waals surface area contributed by atoms with Crippen LogP contribution < -0.4 is 9.64 Å². The second-order valence-electron chi connectivity index (χ2n) is 8.26. The van der Waals surface area contributed by atoms with Crippen molar-refractivity contribution in [3.8, 4) is 5.75 Å². The van der Waals surface area contributed by atoms with Gasteiger partial charge in [0.05, 0.1) is 24.8 Å². The monoisotopic (exact) mass is 448 g/mol. The van der Waals surface area contributed by atoms with Gasteiger partial charge in [-0.2, -0.15) is 5.10 Å². The number of H-pyrrole nitrogens is 1. The molecule has 0 fully saturated rings. The van der Waals surface area contributed by atoms with Gasteiger partial charge in [0.1, 0.15) is 24.0 Å². The number of amides is 2. The summed E-state index contributed by atoms with van der Waals surface area (Å²) in [7, 11) is 1.70. The maximum absolute atomic E-state index is 12.8. The summed E-state index contributed by atoms with van der Waals surface area (Å²) in [5.41, 5.74) is 4.06. The lowest BCUT2D eigenvalue weighted by Gasteiger charge is -2.29. The van der Waals surface area contributed by atoms with Crippen molar-refractivity contribution in [2.24, 2.45) is 0 Å². The minimum atomic E-state index is -0.167. The minimum Gasteiger partial charge on any atom is -0.491 e. The van der Waals surface area contributed by atoms with Crippen LogP contribution >= 0.6 is 0 Å². The molecule has 9 nitrogen and oxygen atoms in total. The van der Waals surface area contributed by atoms with Crippen LogP contribution in [0.4, 0.5) is 5.82 Å². The molecular formula is C24H28N6O3. The Morgan fingerprint density at radius 1 is 1.18 bits per heavy atom. The van der Waals surface area contributed by atoms with Crippen molar-refractivity contribution >= 4 is 17.6 Å². The Bertz CT molecular complexity index is 1190. The van der Waals surface area contributed by atoms with Crippen LogP contribution in [0, 0.1) is 20.8 Å². The normalized spacial score (nSPS) is 13.1. The highest BCUT2D eigenvalue weighted by Crippen LogP contribution is 2.28. The average Bonchev–Trinajstić information content (AvgIpc) is 3.21. The van der Waals surface area contributed by atoms with Gasteiger partial charge in [-0.1, -0.05) is 18.2 Å². The van der Waals surface area contributed by atoms with Crippen molar-refractivity contribution in [2.45, 2.75) is 40.2 Å². The molecule has 2 amide bonds. The van der Waals surface area contributed by atoms with Crippen LogP contribution in [-0.4, -0.2) is 57.1 Å². The number of hydrogen-bond acceptors (Lipinski definition) is 6. The van der Waals surface area contributed by atoms with Gasteiger partial charge in [-0.15, -0.1) is 0 Å². The molecule has 0 saturated carbocycles. The molecule has 172 valence electrons. The third-order valence-corrected chi connectivity index (χ3v) is 5.84. The number of carbonyl (C=O) groups excluding carboxylic acids is 2. The molecule has 1 aliphatic rings. The summed E-state index contributed by atoms with van der Waals surface area (Å²) in [5, 5.41) is 6.70. The molecule has 4 rings (SSSR count). The van der Waals surface area contributed by atoms with Crippen LogP contribution in [0.25, 0.3) is 0 Å². The van der Waals surface area contributed by atoms with Crippen molar-refractivity contribution in [1.29, 1.82) is 0 Å². The SMILES string of the molecule is Cc1ccccc1OCCN1C(=O)CCc2c(C)nc(CN(C)C(=O)c3cn[nH]c3C)nc21. The number of hydrogen-bond donors (Lipinski definition) is 1. The summed E-state index contributed by atoms with van der Waals surface area (Å²) in [6.07, 6.45) is 2.54. The quantitative estimate of drug-likeness (QED) is 0.596. The zero-order chi connectivity index (χ0) is 23.5. The number of nitrogens with one attached hydrogen (secondary N) is 1. The largest absolute Gasteiger partial charge is 0.491 e. The van der Waals surface area contributed by atoms with Crippen LogP contribution in [0.2, 0.25) is 0 Å². The van der Waals surface area contributed by atoms with Crippen LogP contribution in [-0.2, 0) is 17.8 Å². The number of anilines is 1. The van der Waals surface area contributed by atoms with Crippen LogP contribution in [0.15, 0.2) is 30.5 Å². The molecular weight excluding hydrogens is 420 g/mol. The maximum atomic E-state index is 12.8. The summed E-state index contributed by atoms with van der Waals surface area (Å²) < 4.78 is 5.91. The molecule has 0 saturated heterocycles. The first kappa shape index (κ1) is 22.4. The third-order valence-electron chi connectivity index (χ3n) is 5.84. The topological polar surface area (TPSA) is 104 Å². The molecule has 0 atom stereocenters. The van der Waals surface area contributed by atoms with E-state index in [1.54, 1.807) is 23.8 Å². The Balaban J connectivity index is 1.52. The van der Waals surface area contributed by atoms with Gasteiger partial charge in [0, 0.05) is 30.4 Å². The van der Waals surface area contributed by atoms with Crippen LogP contribution in [0.5, 0.6) is 5.75 Å². The highest BCUT2D eigenvalue weighted by atomic mass is 16.5. The number of ether oxygens (including phenoxy) is 1. The number of aromatic amines is 1. The molecule has 0 aliphatic carbocycles. The Labute approximate surface area is 192 Å². The van der Waals surface area contributed by atoms with Crippen LogP contribution in [0.1, 0.15) is 45.1 Å². The van der Waals surface area contributed by atoms with Crippen molar-refractivity contribution < 1.29 is 14.3 Å². The summed E-state index contributed by atoms with van der Waals surface area (Å²) >= 11 is 0. The molecule has 1 aromatic carbocycles. The molecule has 3 aromatic rings. The Morgan fingerprint density at radius 3 is 2.70 bits per heavy atom. The van der Waals surface area contributed by atoms with E-state index in [4.69, 9.17) is 9.72 Å². The molecule has 0 unspecified atom stereocenters. The highest BCUT2D eigenvalue weighted by molar-refractivity contribution is 5.96. The second-order valence-corrected chi connectivity index (χ2v) is 8.26. The molecule has 0 spiro atoms. The van der Waals surface area contributed by atoms with E-state index in [0.29, 0.717) is 48.9 Å². The van der Waals surface area contributed by atoms with Gasteiger partial charge in [0.2, 0.25) is 5.91 Å². The first-order chi connectivity index (χ1) is 15.8. The molecule has 33 heavy (non-hydrogen) atoms. The minimum absolute atomic E-state index is 0.0124. The van der Waals surface area contributed by atoms with E-state index in [0.717, 1.165) is 22.6 Å². The predicted octanol–water partition coefficient (Wildman–Crippen LogP) is 2.76. The number of para-hydroxylation sites is 1. The second kappa shape index (κ2) is 9.40. The fourth-order valence-corrected chi connectivity index (χ4v) is 3.96. The van der Waals surface area contributed by atoms with E-state index in [2.05, 4.69) is 15.2 Å². The van der Waals surface area contributed by atoms with Gasteiger partial charge < -0.3 is 9.64 Å². The van der Waals surface area contributed by atoms with Gasteiger partial charge in [-0.3, -0.25) is 19.6 Å². The zero-order valence-corrected chi connectivity index (χ0v) is 19.4. The van der Waals surface area contributed by atoms with E-state index in [9.17, 15) is 9.59 Å². The van der Waals surface area contributed by atoms with Gasteiger partial charge in [-0.25, -0.2) is 9.97 Å². The molecule has 3 heterocycles. The van der Waals surface area contributed by atoms with E-state index in [1.165, 1.54) is 6.20 Å². The summed E-state index contributed by atoms with van der Waals surface area (Å²) in [6, 6.07) is 7.79. The summed E-state index contributed by atoms with van der Waals surface area (Å²) in [6.45, 7) is 6.67. The standard InChI is InChI=1S/C24H28N6O3/c1-15-7-5-6-8-20(15)33-12-11-30-22(31)10-9-18-16(2)26-21(27-23(18)30)14-29(4)24(32)19-13-25-28-17(19)3/h5-8,13H,9-12,14H2,1-4H3,(H,25,28). The molecule has 0 radical (unpaired) electrons. The van der Waals surface area contributed by atoms with E-state index >= 15 is 0 Å². The average molecular weight is 449 g/mol. The lowest BCUT2D eigenvalue weighted by atomic mass is 10.0. The lowest BCUT2D eigenvalue weighted by molar-refractivity contribution is -0.119. The van der Waals surface area contributed by atoms with Crippen molar-refractivity contribution in [2.75, 3.05) is 25.1 Å². The first-order valence-electron chi connectivity index (χ1n) is 11.0. The fourth-order valence-electron chi connectivity index (χ4n) is 3.96. The fraction of sp³-hybridized carbons (Fsp3) is 0.375. The van der Waals surface area contributed by atoms with E-state index in [1.807, 2.05) is 38.1 Å². The maximum Gasteiger partial charge on any atom is 0.257 e. The number of benzene rings is 1. The highest BCUT2D eigenvalue weighted by Gasteiger charge is 2.28. The number of aromatic nitrogens is 4. The van der Waals surface area contributed by atoms with E-state index in [-0.39, 0.29) is 18.4 Å². The van der Waals surface area contributed by atoms with Gasteiger partial charge in [0.25, 0.3) is 5.91 Å². The first-order valence-corrected chi connectivity index (χ1v) is 11.0. The molecule has 2 aromatic heterocycles.